The molecular formula is C22H28N6O3S. The fourth-order valence-electron chi connectivity index (χ4n) is 5.45. The third kappa shape index (κ3) is 3.07. The maximum atomic E-state index is 13.3. The first-order chi connectivity index (χ1) is 15.4. The van der Waals surface area contributed by atoms with Crippen LogP contribution in [0, 0.1) is 5.92 Å². The van der Waals surface area contributed by atoms with E-state index in [9.17, 15) is 9.00 Å². The number of nitrogens with two attached hydrogens (primary N) is 1. The third-order valence-corrected chi connectivity index (χ3v) is 8.87. The Kier molecular flexibility index (Phi) is 4.42. The molecule has 0 saturated heterocycles. The van der Waals surface area contributed by atoms with E-state index in [1.54, 1.807) is 4.68 Å². The maximum Gasteiger partial charge on any atom is 0.354 e. The summed E-state index contributed by atoms with van der Waals surface area (Å²) in [6, 6.07) is -0.695. The Bertz CT molecular complexity index is 1250. The highest BCUT2D eigenvalue weighted by Gasteiger charge is 2.51. The number of aromatic nitrogens is 3. The summed E-state index contributed by atoms with van der Waals surface area (Å²) in [4.78, 5) is 18.1. The zero-order valence-corrected chi connectivity index (χ0v) is 19.0. The predicted octanol–water partition coefficient (Wildman–Crippen LogP) is 3.10. The monoisotopic (exact) mass is 456 g/mol. The number of hydrogen-bond acceptors (Lipinski definition) is 5. The van der Waals surface area contributed by atoms with Crippen LogP contribution in [0.4, 0.5) is 10.5 Å². The first kappa shape index (κ1) is 20.2. The van der Waals surface area contributed by atoms with E-state index in [2.05, 4.69) is 21.7 Å². The number of rotatable bonds is 3. The van der Waals surface area contributed by atoms with Crippen molar-refractivity contribution in [3.8, 4) is 5.88 Å². The van der Waals surface area contributed by atoms with Crippen molar-refractivity contribution in [3.05, 3.63) is 28.7 Å². The molecule has 1 aliphatic heterocycles. The SMILES string of the molecule is CCC1COc2c(S(N)(=O)=NC(=O)Nc3c4c(nc5c3CCC53CC3)CCC4)cnn2C1. The molecule has 0 radical (unpaired) electrons. The smallest absolute Gasteiger partial charge is 0.354 e. The van der Waals surface area contributed by atoms with Crippen LogP contribution in [-0.2, 0) is 41.1 Å². The van der Waals surface area contributed by atoms with E-state index in [0.29, 0.717) is 24.9 Å². The first-order valence-corrected chi connectivity index (χ1v) is 13.1. The van der Waals surface area contributed by atoms with E-state index in [4.69, 9.17) is 14.9 Å². The molecule has 0 aromatic carbocycles. The first-order valence-electron chi connectivity index (χ1n) is 11.5. The van der Waals surface area contributed by atoms with Crippen molar-refractivity contribution in [1.29, 1.82) is 0 Å². The van der Waals surface area contributed by atoms with E-state index < -0.39 is 15.9 Å². The molecule has 1 saturated carbocycles. The van der Waals surface area contributed by atoms with Gasteiger partial charge < -0.3 is 10.1 Å². The number of amides is 2. The minimum Gasteiger partial charge on any atom is -0.477 e. The molecule has 0 bridgehead atoms. The van der Waals surface area contributed by atoms with Gasteiger partial charge in [0.2, 0.25) is 5.88 Å². The number of nitrogens with zero attached hydrogens (tertiary/aromatic N) is 4. The van der Waals surface area contributed by atoms with Gasteiger partial charge in [-0.2, -0.15) is 5.10 Å². The lowest BCUT2D eigenvalue weighted by atomic mass is 10.0. The highest BCUT2D eigenvalue weighted by Crippen LogP contribution is 2.58. The second kappa shape index (κ2) is 7.02. The lowest BCUT2D eigenvalue weighted by molar-refractivity contribution is 0.157. The molecule has 6 rings (SSSR count). The number of fused-ring (bicyclic) bond motifs is 4. The normalized spacial score (nSPS) is 23.6. The maximum absolute atomic E-state index is 13.3. The summed E-state index contributed by atoms with van der Waals surface area (Å²) in [6.45, 7) is 3.27. The largest absolute Gasteiger partial charge is 0.477 e. The van der Waals surface area contributed by atoms with E-state index in [0.717, 1.165) is 66.7 Å². The molecule has 2 atom stereocenters. The number of aryl methyl sites for hydroxylation is 1. The Morgan fingerprint density at radius 1 is 1.34 bits per heavy atom. The van der Waals surface area contributed by atoms with Gasteiger partial charge in [0, 0.05) is 17.0 Å². The van der Waals surface area contributed by atoms with Crippen LogP contribution in [0.3, 0.4) is 0 Å². The molecule has 10 heteroatoms. The van der Waals surface area contributed by atoms with E-state index in [1.807, 2.05) is 0 Å². The van der Waals surface area contributed by atoms with Crippen LogP contribution in [0.5, 0.6) is 5.88 Å². The summed E-state index contributed by atoms with van der Waals surface area (Å²) in [6.07, 6.45) is 9.57. The van der Waals surface area contributed by atoms with Gasteiger partial charge >= 0.3 is 6.03 Å². The van der Waals surface area contributed by atoms with Crippen molar-refractivity contribution >= 4 is 21.6 Å². The van der Waals surface area contributed by atoms with Crippen LogP contribution in [0.2, 0.25) is 0 Å². The molecule has 4 aliphatic rings. The topological polar surface area (TPSA) is 124 Å². The van der Waals surface area contributed by atoms with Crippen molar-refractivity contribution in [3.63, 3.8) is 0 Å². The summed E-state index contributed by atoms with van der Waals surface area (Å²) in [5, 5.41) is 13.3. The van der Waals surface area contributed by atoms with Crippen molar-refractivity contribution in [2.45, 2.75) is 75.1 Å². The van der Waals surface area contributed by atoms with Gasteiger partial charge in [0.1, 0.15) is 4.90 Å². The molecule has 2 amide bonds. The highest BCUT2D eigenvalue weighted by molar-refractivity contribution is 7.91. The Morgan fingerprint density at radius 3 is 2.97 bits per heavy atom. The average Bonchev–Trinajstić information content (AvgIpc) is 3.10. The predicted molar refractivity (Wildman–Crippen MR) is 119 cm³/mol. The zero-order chi connectivity index (χ0) is 22.1. The lowest BCUT2D eigenvalue weighted by Gasteiger charge is -2.23. The number of urea groups is 1. The van der Waals surface area contributed by atoms with Crippen LogP contribution in [0.15, 0.2) is 15.5 Å². The Morgan fingerprint density at radius 2 is 2.19 bits per heavy atom. The molecule has 9 nitrogen and oxygen atoms in total. The van der Waals surface area contributed by atoms with Gasteiger partial charge in [0.05, 0.1) is 30.7 Å². The molecule has 1 spiro atoms. The summed E-state index contributed by atoms with van der Waals surface area (Å²) >= 11 is 0. The Balaban J connectivity index is 1.33. The quantitative estimate of drug-likeness (QED) is 0.734. The summed E-state index contributed by atoms with van der Waals surface area (Å²) in [7, 11) is -3.50. The van der Waals surface area contributed by atoms with Gasteiger partial charge in [-0.25, -0.2) is 18.8 Å². The molecule has 3 heterocycles. The van der Waals surface area contributed by atoms with Crippen molar-refractivity contribution in [2.24, 2.45) is 15.4 Å². The molecule has 3 aliphatic carbocycles. The fourth-order valence-corrected chi connectivity index (χ4v) is 6.46. The van der Waals surface area contributed by atoms with Crippen LogP contribution in [-0.4, -0.2) is 31.6 Å². The van der Waals surface area contributed by atoms with E-state index in [1.165, 1.54) is 19.0 Å². The van der Waals surface area contributed by atoms with Crippen LogP contribution < -0.4 is 15.2 Å². The van der Waals surface area contributed by atoms with Gasteiger partial charge in [-0.1, -0.05) is 6.92 Å². The van der Waals surface area contributed by atoms with Crippen LogP contribution in [0.1, 0.15) is 61.5 Å². The van der Waals surface area contributed by atoms with Gasteiger partial charge in [-0.15, -0.1) is 4.36 Å². The standard InChI is InChI=1S/C22H28N6O3S/c1-2-13-11-28-20(31-12-13)17(10-24-28)32(23,30)27-21(29)26-18-14-4-3-5-16(14)25-19-15(18)6-7-22(19)8-9-22/h10,13H,2-9,11-12H2,1H3,(H3,23,25,26,27,29,30). The number of ether oxygens (including phenoxy) is 1. The molecule has 2 aromatic heterocycles. The number of anilines is 1. The number of hydrogen-bond donors (Lipinski definition) is 2. The Labute approximate surface area is 187 Å². The molecule has 3 N–H and O–H groups in total. The Hall–Kier alpha value is -2.46. The molecular weight excluding hydrogens is 428 g/mol. The van der Waals surface area contributed by atoms with Gasteiger partial charge in [-0.05, 0) is 62.5 Å². The zero-order valence-electron chi connectivity index (χ0n) is 18.2. The van der Waals surface area contributed by atoms with Gasteiger partial charge in [-0.3, -0.25) is 4.98 Å². The van der Waals surface area contributed by atoms with E-state index >= 15 is 0 Å². The van der Waals surface area contributed by atoms with Crippen molar-refractivity contribution < 1.29 is 13.7 Å². The summed E-state index contributed by atoms with van der Waals surface area (Å²) < 4.78 is 24.6. The van der Waals surface area contributed by atoms with Crippen LogP contribution >= 0.6 is 0 Å². The van der Waals surface area contributed by atoms with Crippen molar-refractivity contribution in [2.75, 3.05) is 11.9 Å². The minimum atomic E-state index is -3.50. The van der Waals surface area contributed by atoms with E-state index in [-0.39, 0.29) is 10.3 Å². The number of pyridine rings is 1. The number of carbonyl (C=O) groups is 1. The second-order valence-corrected chi connectivity index (χ2v) is 11.3. The lowest BCUT2D eigenvalue weighted by Crippen LogP contribution is -2.26. The molecule has 2 unspecified atom stereocenters. The van der Waals surface area contributed by atoms with Crippen molar-refractivity contribution in [1.82, 2.24) is 14.8 Å². The average molecular weight is 457 g/mol. The summed E-state index contributed by atoms with van der Waals surface area (Å²) in [5.41, 5.74) is 5.53. The minimum absolute atomic E-state index is 0.171. The summed E-state index contributed by atoms with van der Waals surface area (Å²) in [5.74, 6) is 0.690. The molecule has 2 aromatic rings. The fraction of sp³-hybridized carbons (Fsp3) is 0.591. The number of nitrogens with one attached hydrogen (secondary N) is 1. The highest BCUT2D eigenvalue weighted by atomic mass is 32.2. The molecule has 1 fully saturated rings. The molecule has 32 heavy (non-hydrogen) atoms. The molecule has 170 valence electrons. The van der Waals surface area contributed by atoms with Gasteiger partial charge in [0.25, 0.3) is 0 Å². The third-order valence-electron chi connectivity index (χ3n) is 7.52. The van der Waals surface area contributed by atoms with Crippen LogP contribution in [0.25, 0.3) is 0 Å². The number of carbonyl (C=O) groups excluding carboxylic acids is 1. The van der Waals surface area contributed by atoms with Gasteiger partial charge in [0.15, 0.2) is 9.92 Å². The second-order valence-electron chi connectivity index (χ2n) is 9.54.